The van der Waals surface area contributed by atoms with Crippen LogP contribution in [0.5, 0.6) is 0 Å². The molecule has 4 rings (SSSR count). The highest BCUT2D eigenvalue weighted by Gasteiger charge is 2.34. The molecule has 4 nitrogen and oxygen atoms in total. The fourth-order valence-corrected chi connectivity index (χ4v) is 4.90. The monoisotopic (exact) mass is 405 g/mol. The third-order valence-electron chi connectivity index (χ3n) is 5.87. The highest BCUT2D eigenvalue weighted by Crippen LogP contribution is 2.43. The number of carbonyl (C=O) groups excluding carboxylic acids is 1. The van der Waals surface area contributed by atoms with Crippen molar-refractivity contribution in [2.75, 3.05) is 11.9 Å². The van der Waals surface area contributed by atoms with Gasteiger partial charge in [0.05, 0.1) is 10.6 Å². The Hall–Kier alpha value is -2.53. The second kappa shape index (κ2) is 7.38. The zero-order valence-electron chi connectivity index (χ0n) is 17.6. The third kappa shape index (κ3) is 3.97. The lowest BCUT2D eigenvalue weighted by molar-refractivity contribution is -0.115. The fourth-order valence-electron chi connectivity index (χ4n) is 4.05. The number of benzene rings is 2. The van der Waals surface area contributed by atoms with Gasteiger partial charge >= 0.3 is 0 Å². The molecule has 1 atom stereocenters. The van der Waals surface area contributed by atoms with Gasteiger partial charge in [-0.2, -0.15) is 0 Å². The SMILES string of the molecule is Cc1ccc(N=C2NC(=O)/C(=C/c3ccc4c(c3)[C@@H](C)CC(C)(C)N4C)S2)cc1. The molecule has 2 aromatic rings. The third-order valence-corrected chi connectivity index (χ3v) is 6.78. The van der Waals surface area contributed by atoms with Crippen LogP contribution in [0.25, 0.3) is 6.08 Å². The second-order valence-electron chi connectivity index (χ2n) is 8.61. The zero-order chi connectivity index (χ0) is 20.8. The Bertz CT molecular complexity index is 1020. The number of hydrogen-bond donors (Lipinski definition) is 1. The molecule has 1 fully saturated rings. The highest BCUT2D eigenvalue weighted by molar-refractivity contribution is 8.18. The molecule has 2 aliphatic rings. The van der Waals surface area contributed by atoms with Crippen molar-refractivity contribution >= 4 is 40.3 Å². The van der Waals surface area contributed by atoms with Crippen LogP contribution in [-0.4, -0.2) is 23.7 Å². The van der Waals surface area contributed by atoms with E-state index in [1.165, 1.54) is 28.6 Å². The molecule has 0 unspecified atom stereocenters. The molecule has 0 radical (unpaired) electrons. The first-order chi connectivity index (χ1) is 13.7. The smallest absolute Gasteiger partial charge is 0.264 e. The number of amides is 1. The summed E-state index contributed by atoms with van der Waals surface area (Å²) in [5, 5.41) is 3.50. The number of amidine groups is 1. The van der Waals surface area contributed by atoms with Gasteiger partial charge in [-0.15, -0.1) is 0 Å². The maximum absolute atomic E-state index is 12.4. The first-order valence-electron chi connectivity index (χ1n) is 9.97. The van der Waals surface area contributed by atoms with Crippen molar-refractivity contribution in [1.82, 2.24) is 5.32 Å². The number of thioether (sulfide) groups is 1. The number of hydrogen-bond acceptors (Lipinski definition) is 4. The zero-order valence-corrected chi connectivity index (χ0v) is 18.4. The van der Waals surface area contributed by atoms with Crippen LogP contribution in [-0.2, 0) is 4.79 Å². The molecule has 1 saturated heterocycles. The van der Waals surface area contributed by atoms with Crippen molar-refractivity contribution in [3.63, 3.8) is 0 Å². The predicted molar refractivity (Wildman–Crippen MR) is 124 cm³/mol. The van der Waals surface area contributed by atoms with Crippen LogP contribution >= 0.6 is 11.8 Å². The van der Waals surface area contributed by atoms with Crippen molar-refractivity contribution in [3.8, 4) is 0 Å². The molecule has 29 heavy (non-hydrogen) atoms. The van der Waals surface area contributed by atoms with Crippen LogP contribution in [0.3, 0.4) is 0 Å². The lowest BCUT2D eigenvalue weighted by Gasteiger charge is -2.45. The van der Waals surface area contributed by atoms with Crippen LogP contribution in [0.15, 0.2) is 52.4 Å². The topological polar surface area (TPSA) is 44.7 Å². The summed E-state index contributed by atoms with van der Waals surface area (Å²) in [5.74, 6) is 0.392. The molecule has 2 aliphatic heterocycles. The van der Waals surface area contributed by atoms with Crippen molar-refractivity contribution < 1.29 is 4.79 Å². The minimum Gasteiger partial charge on any atom is -0.369 e. The molecule has 0 aliphatic carbocycles. The number of rotatable bonds is 2. The van der Waals surface area contributed by atoms with Gasteiger partial charge in [0.25, 0.3) is 5.91 Å². The minimum atomic E-state index is -0.0927. The summed E-state index contributed by atoms with van der Waals surface area (Å²) in [4.78, 5) is 20.0. The molecule has 0 saturated carbocycles. The van der Waals surface area contributed by atoms with Crippen molar-refractivity contribution in [2.45, 2.75) is 45.6 Å². The fraction of sp³-hybridized carbons (Fsp3) is 0.333. The molecule has 2 heterocycles. The van der Waals surface area contributed by atoms with E-state index in [9.17, 15) is 4.79 Å². The van der Waals surface area contributed by atoms with E-state index in [1.807, 2.05) is 37.3 Å². The molecular formula is C24H27N3OS. The van der Waals surface area contributed by atoms with Crippen LogP contribution in [0.4, 0.5) is 11.4 Å². The summed E-state index contributed by atoms with van der Waals surface area (Å²) in [6, 6.07) is 14.5. The molecule has 2 aromatic carbocycles. The number of carbonyl (C=O) groups is 1. The Morgan fingerprint density at radius 3 is 2.66 bits per heavy atom. The standard InChI is InChI=1S/C24H27N3OS/c1-15-6-9-18(10-7-15)25-23-26-22(28)21(29-23)13-17-8-11-20-19(12-17)16(2)14-24(3,4)27(20)5/h6-13,16H,14H2,1-5H3,(H,25,26,28)/b21-13-/t16-/m0/s1. The van der Waals surface area contributed by atoms with Gasteiger partial charge in [-0.1, -0.05) is 30.7 Å². The lowest BCUT2D eigenvalue weighted by Crippen LogP contribution is -2.45. The summed E-state index contributed by atoms with van der Waals surface area (Å²) in [5.41, 5.74) is 5.85. The molecule has 0 aromatic heterocycles. The van der Waals surface area contributed by atoms with E-state index < -0.39 is 0 Å². The maximum atomic E-state index is 12.4. The van der Waals surface area contributed by atoms with Gasteiger partial charge in [0.15, 0.2) is 5.17 Å². The normalized spacial score (nSPS) is 23.4. The first-order valence-corrected chi connectivity index (χ1v) is 10.8. The van der Waals surface area contributed by atoms with Gasteiger partial charge in [-0.05, 0) is 86.3 Å². The van der Waals surface area contributed by atoms with Gasteiger partial charge in [0.2, 0.25) is 0 Å². The number of nitrogens with one attached hydrogen (secondary N) is 1. The molecule has 5 heteroatoms. The number of aryl methyl sites for hydroxylation is 1. The van der Waals surface area contributed by atoms with Crippen LogP contribution in [0, 0.1) is 6.92 Å². The van der Waals surface area contributed by atoms with Gasteiger partial charge in [0.1, 0.15) is 0 Å². The molecule has 0 spiro atoms. The number of fused-ring (bicyclic) bond motifs is 1. The Labute approximate surface area is 177 Å². The van der Waals surface area contributed by atoms with Crippen molar-refractivity contribution in [2.24, 2.45) is 4.99 Å². The summed E-state index contributed by atoms with van der Waals surface area (Å²) >= 11 is 1.39. The van der Waals surface area contributed by atoms with Gasteiger partial charge in [-0.3, -0.25) is 4.79 Å². The first kappa shape index (κ1) is 19.8. The van der Waals surface area contributed by atoms with Crippen molar-refractivity contribution in [1.29, 1.82) is 0 Å². The molecule has 1 amide bonds. The van der Waals surface area contributed by atoms with E-state index in [-0.39, 0.29) is 11.4 Å². The Kier molecular flexibility index (Phi) is 5.03. The largest absolute Gasteiger partial charge is 0.369 e. The highest BCUT2D eigenvalue weighted by atomic mass is 32.2. The average Bonchev–Trinajstić information content (AvgIpc) is 3.00. The van der Waals surface area contributed by atoms with E-state index >= 15 is 0 Å². The Balaban J connectivity index is 1.59. The lowest BCUT2D eigenvalue weighted by atomic mass is 9.80. The summed E-state index contributed by atoms with van der Waals surface area (Å²) in [6.45, 7) is 8.91. The van der Waals surface area contributed by atoms with E-state index in [0.29, 0.717) is 16.0 Å². The number of nitrogens with zero attached hydrogens (tertiary/aromatic N) is 2. The summed E-state index contributed by atoms with van der Waals surface area (Å²) in [7, 11) is 2.16. The average molecular weight is 406 g/mol. The van der Waals surface area contributed by atoms with Gasteiger partial charge in [0, 0.05) is 18.3 Å². The van der Waals surface area contributed by atoms with Crippen LogP contribution < -0.4 is 10.2 Å². The molecule has 150 valence electrons. The van der Waals surface area contributed by atoms with E-state index in [1.54, 1.807) is 0 Å². The van der Waals surface area contributed by atoms with Crippen LogP contribution in [0.2, 0.25) is 0 Å². The molecule has 1 N–H and O–H groups in total. The number of aliphatic imine (C=N–C) groups is 1. The number of anilines is 1. The second-order valence-corrected chi connectivity index (χ2v) is 9.64. The van der Waals surface area contributed by atoms with E-state index in [0.717, 1.165) is 17.7 Å². The molecule has 0 bridgehead atoms. The van der Waals surface area contributed by atoms with E-state index in [2.05, 4.69) is 61.2 Å². The minimum absolute atomic E-state index is 0.0927. The van der Waals surface area contributed by atoms with Gasteiger partial charge in [-0.25, -0.2) is 4.99 Å². The quantitative estimate of drug-likeness (QED) is 0.661. The summed E-state index contributed by atoms with van der Waals surface area (Å²) in [6.07, 6.45) is 3.07. The van der Waals surface area contributed by atoms with E-state index in [4.69, 9.17) is 0 Å². The molecular weight excluding hydrogens is 378 g/mol. The Morgan fingerprint density at radius 1 is 1.21 bits per heavy atom. The van der Waals surface area contributed by atoms with Crippen LogP contribution in [0.1, 0.15) is 49.8 Å². The van der Waals surface area contributed by atoms with Crippen molar-refractivity contribution in [3.05, 3.63) is 64.1 Å². The Morgan fingerprint density at radius 2 is 1.93 bits per heavy atom. The maximum Gasteiger partial charge on any atom is 0.264 e. The predicted octanol–water partition coefficient (Wildman–Crippen LogP) is 5.61. The van der Waals surface area contributed by atoms with Gasteiger partial charge < -0.3 is 10.2 Å². The summed E-state index contributed by atoms with van der Waals surface area (Å²) < 4.78 is 0.